The quantitative estimate of drug-likeness (QED) is 0.833. The summed E-state index contributed by atoms with van der Waals surface area (Å²) in [5.41, 5.74) is 0.290. The largest absolute Gasteiger partial charge is 0.305 e. The van der Waals surface area contributed by atoms with Gasteiger partial charge in [0.25, 0.3) is 6.43 Å². The molecule has 0 aromatic heterocycles. The second kappa shape index (κ2) is 5.59. The average molecular weight is 313 g/mol. The first kappa shape index (κ1) is 13.4. The van der Waals surface area contributed by atoms with Crippen molar-refractivity contribution in [3.63, 3.8) is 0 Å². The van der Waals surface area contributed by atoms with Gasteiger partial charge in [-0.15, -0.1) is 0 Å². The number of amides is 1. The van der Waals surface area contributed by atoms with E-state index in [2.05, 4.69) is 15.9 Å². The van der Waals surface area contributed by atoms with Crippen LogP contribution in [-0.4, -0.2) is 18.9 Å². The summed E-state index contributed by atoms with van der Waals surface area (Å²) in [4.78, 5) is 12.2. The molecule has 16 heavy (non-hydrogen) atoms. The normalized spacial score (nSPS) is 10.6. The first-order valence-electron chi connectivity index (χ1n) is 4.43. The summed E-state index contributed by atoms with van der Waals surface area (Å²) < 4.78 is 25.3. The lowest BCUT2D eigenvalue weighted by molar-refractivity contribution is -0.117. The maximum Gasteiger partial charge on any atom is 0.256 e. The van der Waals surface area contributed by atoms with Crippen molar-refractivity contribution in [1.29, 1.82) is 0 Å². The monoisotopic (exact) mass is 311 g/mol. The van der Waals surface area contributed by atoms with Crippen LogP contribution in [0, 0.1) is 0 Å². The minimum atomic E-state index is -2.59. The Morgan fingerprint density at radius 3 is 2.62 bits per heavy atom. The molecule has 2 nitrogen and oxygen atoms in total. The predicted molar refractivity (Wildman–Crippen MR) is 63.2 cm³/mol. The Balaban J connectivity index is 3.06. The summed E-state index contributed by atoms with van der Waals surface area (Å²) in [6.07, 6.45) is -2.59. The molecule has 0 aliphatic rings. The van der Waals surface area contributed by atoms with Crippen LogP contribution in [0.2, 0.25) is 5.02 Å². The van der Waals surface area contributed by atoms with Crippen LogP contribution in [0.15, 0.2) is 22.7 Å². The van der Waals surface area contributed by atoms with Gasteiger partial charge in [-0.2, -0.15) is 0 Å². The third-order valence-electron chi connectivity index (χ3n) is 1.90. The Labute approximate surface area is 105 Å². The van der Waals surface area contributed by atoms with Gasteiger partial charge in [-0.1, -0.05) is 27.5 Å². The van der Waals surface area contributed by atoms with Crippen molar-refractivity contribution in [3.05, 3.63) is 27.7 Å². The molecule has 0 bridgehead atoms. The molecule has 1 rings (SSSR count). The lowest BCUT2D eigenvalue weighted by Crippen LogP contribution is -2.33. The van der Waals surface area contributed by atoms with E-state index in [4.69, 9.17) is 11.6 Å². The molecule has 88 valence electrons. The summed E-state index contributed by atoms with van der Waals surface area (Å²) in [5, 5.41) is 0.255. The molecule has 1 aromatic rings. The number of nitrogens with zero attached hydrogens (tertiary/aromatic N) is 1. The molecule has 0 saturated carbocycles. The van der Waals surface area contributed by atoms with Crippen molar-refractivity contribution >= 4 is 39.1 Å². The number of hydrogen-bond donors (Lipinski definition) is 0. The van der Waals surface area contributed by atoms with Crippen molar-refractivity contribution in [3.8, 4) is 0 Å². The van der Waals surface area contributed by atoms with Crippen LogP contribution in [0.1, 0.15) is 6.92 Å². The highest BCUT2D eigenvalue weighted by molar-refractivity contribution is 9.10. The van der Waals surface area contributed by atoms with E-state index in [9.17, 15) is 13.6 Å². The van der Waals surface area contributed by atoms with Gasteiger partial charge in [-0.25, -0.2) is 8.78 Å². The summed E-state index contributed by atoms with van der Waals surface area (Å²) in [6.45, 7) is 0.567. The van der Waals surface area contributed by atoms with Gasteiger partial charge in [-0.3, -0.25) is 4.79 Å². The third kappa shape index (κ3) is 3.42. The zero-order valence-corrected chi connectivity index (χ0v) is 10.7. The van der Waals surface area contributed by atoms with E-state index >= 15 is 0 Å². The van der Waals surface area contributed by atoms with Crippen molar-refractivity contribution in [2.45, 2.75) is 13.3 Å². The van der Waals surface area contributed by atoms with Crippen LogP contribution in [0.25, 0.3) is 0 Å². The van der Waals surface area contributed by atoms with E-state index in [1.54, 1.807) is 12.1 Å². The van der Waals surface area contributed by atoms with E-state index in [1.807, 2.05) is 0 Å². The van der Waals surface area contributed by atoms with E-state index < -0.39 is 18.9 Å². The van der Waals surface area contributed by atoms with Crippen molar-refractivity contribution < 1.29 is 13.6 Å². The number of carbonyl (C=O) groups is 1. The Morgan fingerprint density at radius 2 is 2.19 bits per heavy atom. The van der Waals surface area contributed by atoms with Gasteiger partial charge in [0.05, 0.1) is 17.3 Å². The molecule has 0 saturated heterocycles. The molecule has 0 aliphatic carbocycles. The summed E-state index contributed by atoms with van der Waals surface area (Å²) in [7, 11) is 0. The van der Waals surface area contributed by atoms with Crippen LogP contribution < -0.4 is 4.90 Å². The third-order valence-corrected chi connectivity index (χ3v) is 2.70. The van der Waals surface area contributed by atoms with E-state index in [0.29, 0.717) is 0 Å². The van der Waals surface area contributed by atoms with Crippen LogP contribution in [-0.2, 0) is 4.79 Å². The van der Waals surface area contributed by atoms with Crippen LogP contribution in [0.5, 0.6) is 0 Å². The Bertz CT molecular complexity index is 400. The first-order valence-corrected chi connectivity index (χ1v) is 5.60. The van der Waals surface area contributed by atoms with E-state index in [1.165, 1.54) is 13.0 Å². The lowest BCUT2D eigenvalue weighted by Gasteiger charge is -2.21. The maximum atomic E-state index is 12.3. The van der Waals surface area contributed by atoms with Gasteiger partial charge < -0.3 is 4.90 Å². The van der Waals surface area contributed by atoms with Crippen LogP contribution >= 0.6 is 27.5 Å². The first-order chi connectivity index (χ1) is 7.41. The standard InChI is InChI=1S/C10H9BrClF2NO/c1-6(16)15(5-10(13)14)9-3-2-7(11)4-8(9)12/h2-4,10H,5H2,1H3. The summed E-state index contributed by atoms with van der Waals surface area (Å²) >= 11 is 9.08. The Morgan fingerprint density at radius 1 is 1.56 bits per heavy atom. The fraction of sp³-hybridized carbons (Fsp3) is 0.300. The molecular formula is C10H9BrClF2NO. The Hall–Kier alpha value is -0.680. The topological polar surface area (TPSA) is 20.3 Å². The highest BCUT2D eigenvalue weighted by atomic mass is 79.9. The number of carbonyl (C=O) groups excluding carboxylic acids is 1. The van der Waals surface area contributed by atoms with E-state index in [-0.39, 0.29) is 10.7 Å². The average Bonchev–Trinajstić information content (AvgIpc) is 2.14. The number of rotatable bonds is 3. The molecule has 0 atom stereocenters. The van der Waals surface area contributed by atoms with Gasteiger partial charge in [0.2, 0.25) is 5.91 Å². The molecular weight excluding hydrogens is 303 g/mol. The second-order valence-corrected chi connectivity index (χ2v) is 4.44. The number of benzene rings is 1. The summed E-state index contributed by atoms with van der Waals surface area (Å²) in [6, 6.07) is 4.72. The van der Waals surface area contributed by atoms with E-state index in [0.717, 1.165) is 9.37 Å². The van der Waals surface area contributed by atoms with Gasteiger partial charge in [0.1, 0.15) is 0 Å². The number of halogens is 4. The van der Waals surface area contributed by atoms with Gasteiger partial charge in [0.15, 0.2) is 0 Å². The molecule has 0 aliphatic heterocycles. The van der Waals surface area contributed by atoms with Crippen LogP contribution in [0.4, 0.5) is 14.5 Å². The second-order valence-electron chi connectivity index (χ2n) is 3.12. The predicted octanol–water partition coefficient (Wildman–Crippen LogP) is 3.72. The fourth-order valence-electron chi connectivity index (χ4n) is 1.23. The molecule has 1 amide bonds. The van der Waals surface area contributed by atoms with Gasteiger partial charge in [-0.05, 0) is 18.2 Å². The number of hydrogen-bond acceptors (Lipinski definition) is 1. The van der Waals surface area contributed by atoms with Gasteiger partial charge in [0, 0.05) is 11.4 Å². The van der Waals surface area contributed by atoms with Crippen molar-refractivity contribution in [2.75, 3.05) is 11.4 Å². The van der Waals surface area contributed by atoms with Gasteiger partial charge >= 0.3 is 0 Å². The summed E-state index contributed by atoms with van der Waals surface area (Å²) in [5.74, 6) is -0.468. The fourth-order valence-corrected chi connectivity index (χ4v) is 2.01. The molecule has 0 heterocycles. The van der Waals surface area contributed by atoms with Crippen molar-refractivity contribution in [2.24, 2.45) is 0 Å². The molecule has 0 spiro atoms. The molecule has 0 fully saturated rings. The van der Waals surface area contributed by atoms with Crippen LogP contribution in [0.3, 0.4) is 0 Å². The zero-order valence-electron chi connectivity index (χ0n) is 8.38. The number of anilines is 1. The minimum Gasteiger partial charge on any atom is -0.305 e. The minimum absolute atomic E-state index is 0.255. The molecule has 0 unspecified atom stereocenters. The SMILES string of the molecule is CC(=O)N(CC(F)F)c1ccc(Br)cc1Cl. The smallest absolute Gasteiger partial charge is 0.256 e. The zero-order chi connectivity index (χ0) is 12.3. The maximum absolute atomic E-state index is 12.3. The molecule has 0 radical (unpaired) electrons. The highest BCUT2D eigenvalue weighted by Gasteiger charge is 2.19. The molecule has 1 aromatic carbocycles. The Kier molecular flexibility index (Phi) is 4.68. The molecule has 0 N–H and O–H groups in total. The number of alkyl halides is 2. The molecule has 6 heteroatoms. The highest BCUT2D eigenvalue weighted by Crippen LogP contribution is 2.29. The van der Waals surface area contributed by atoms with Crippen molar-refractivity contribution in [1.82, 2.24) is 0 Å². The lowest BCUT2D eigenvalue weighted by atomic mass is 10.3.